The Hall–Kier alpha value is -2.93. The molecule has 0 saturated carbocycles. The maximum Gasteiger partial charge on any atom is 0.256 e. The molecule has 2 fully saturated rings. The van der Waals surface area contributed by atoms with Crippen molar-refractivity contribution in [2.75, 3.05) is 41.4 Å². The van der Waals surface area contributed by atoms with Crippen molar-refractivity contribution in [3.05, 3.63) is 54.3 Å². The van der Waals surface area contributed by atoms with Crippen molar-refractivity contribution in [3.8, 4) is 0 Å². The molecule has 2 aromatic rings. The molecule has 6 nitrogen and oxygen atoms in total. The van der Waals surface area contributed by atoms with Gasteiger partial charge < -0.3 is 15.0 Å². The minimum Gasteiger partial charge on any atom is -0.378 e. The fourth-order valence-corrected chi connectivity index (χ4v) is 3.40. The molecule has 0 spiro atoms. The van der Waals surface area contributed by atoms with Gasteiger partial charge in [0.25, 0.3) is 5.91 Å². The van der Waals surface area contributed by atoms with E-state index in [-0.39, 0.29) is 24.1 Å². The van der Waals surface area contributed by atoms with Crippen LogP contribution in [0.1, 0.15) is 6.42 Å². The zero-order valence-corrected chi connectivity index (χ0v) is 14.7. The van der Waals surface area contributed by atoms with Gasteiger partial charge in [0, 0.05) is 24.5 Å². The Morgan fingerprint density at radius 1 is 0.926 bits per heavy atom. The zero-order chi connectivity index (χ0) is 18.8. The predicted octanol–water partition coefficient (Wildman–Crippen LogP) is 2.41. The molecule has 0 aromatic heterocycles. The number of hydrogen-bond acceptors (Lipinski definition) is 5. The highest BCUT2D eigenvalue weighted by Gasteiger charge is 2.39. The summed E-state index contributed by atoms with van der Waals surface area (Å²) >= 11 is 0. The summed E-state index contributed by atoms with van der Waals surface area (Å²) in [5, 5.41) is 3.01. The summed E-state index contributed by atoms with van der Waals surface area (Å²) in [5.74, 6) is -0.904. The number of nitrogens with one attached hydrogen (secondary N) is 1. The highest BCUT2D eigenvalue weighted by molar-refractivity contribution is 6.23. The molecule has 140 valence electrons. The summed E-state index contributed by atoms with van der Waals surface area (Å²) in [4.78, 5) is 28.5. The van der Waals surface area contributed by atoms with E-state index in [2.05, 4.69) is 10.2 Å². The van der Waals surface area contributed by atoms with Crippen LogP contribution in [0.4, 0.5) is 21.5 Å². The molecule has 2 aliphatic heterocycles. The number of anilines is 3. The van der Waals surface area contributed by atoms with Crippen LogP contribution in [0.3, 0.4) is 0 Å². The molecule has 0 unspecified atom stereocenters. The third-order valence-corrected chi connectivity index (χ3v) is 4.82. The van der Waals surface area contributed by atoms with Gasteiger partial charge in [-0.2, -0.15) is 0 Å². The summed E-state index contributed by atoms with van der Waals surface area (Å²) in [6.45, 7) is 3.04. The van der Waals surface area contributed by atoms with E-state index in [9.17, 15) is 14.0 Å². The van der Waals surface area contributed by atoms with Crippen LogP contribution in [0.15, 0.2) is 48.5 Å². The van der Waals surface area contributed by atoms with Gasteiger partial charge in [-0.25, -0.2) is 9.29 Å². The standard InChI is InChI=1S/C20H20FN3O3/c21-14-1-3-15(4-2-14)22-18-13-19(25)24(20(18)26)17-7-5-16(6-8-17)23-9-11-27-12-10-23/h1-8,18,22H,9-13H2/t18-/m1/s1. The van der Waals surface area contributed by atoms with E-state index in [1.165, 1.54) is 17.0 Å². The molecule has 0 radical (unpaired) electrons. The number of imide groups is 1. The maximum atomic E-state index is 13.0. The number of benzene rings is 2. The number of halogens is 1. The average molecular weight is 369 g/mol. The first-order chi connectivity index (χ1) is 13.1. The molecule has 2 aromatic carbocycles. The van der Waals surface area contributed by atoms with Crippen LogP contribution in [-0.4, -0.2) is 44.2 Å². The minimum atomic E-state index is -0.651. The van der Waals surface area contributed by atoms with E-state index < -0.39 is 6.04 Å². The number of carbonyl (C=O) groups is 2. The normalized spacial score (nSPS) is 20.3. The number of carbonyl (C=O) groups excluding carboxylic acids is 2. The van der Waals surface area contributed by atoms with Crippen LogP contribution in [0.5, 0.6) is 0 Å². The molecule has 0 aliphatic carbocycles. The number of nitrogens with zero attached hydrogens (tertiary/aromatic N) is 2. The quantitative estimate of drug-likeness (QED) is 0.839. The van der Waals surface area contributed by atoms with Crippen LogP contribution < -0.4 is 15.1 Å². The van der Waals surface area contributed by atoms with E-state index in [0.29, 0.717) is 24.6 Å². The molecule has 2 aliphatic rings. The lowest BCUT2D eigenvalue weighted by Crippen LogP contribution is -2.36. The number of rotatable bonds is 4. The molecule has 4 rings (SSSR count). The van der Waals surface area contributed by atoms with Gasteiger partial charge in [-0.3, -0.25) is 9.59 Å². The maximum absolute atomic E-state index is 13.0. The van der Waals surface area contributed by atoms with Crippen LogP contribution in [0.2, 0.25) is 0 Å². The number of ether oxygens (including phenoxy) is 1. The van der Waals surface area contributed by atoms with Crippen molar-refractivity contribution in [3.63, 3.8) is 0 Å². The Balaban J connectivity index is 1.47. The van der Waals surface area contributed by atoms with Crippen molar-refractivity contribution in [2.24, 2.45) is 0 Å². The van der Waals surface area contributed by atoms with Crippen molar-refractivity contribution in [2.45, 2.75) is 12.5 Å². The molecule has 1 N–H and O–H groups in total. The van der Waals surface area contributed by atoms with Crippen molar-refractivity contribution < 1.29 is 18.7 Å². The number of hydrogen-bond donors (Lipinski definition) is 1. The summed E-state index contributed by atoms with van der Waals surface area (Å²) in [7, 11) is 0. The van der Waals surface area contributed by atoms with Gasteiger partial charge in [0.1, 0.15) is 11.9 Å². The fraction of sp³-hybridized carbons (Fsp3) is 0.300. The number of amides is 2. The first-order valence-electron chi connectivity index (χ1n) is 8.93. The molecule has 2 saturated heterocycles. The molecular weight excluding hydrogens is 349 g/mol. The van der Waals surface area contributed by atoms with Crippen LogP contribution in [0, 0.1) is 5.82 Å². The molecular formula is C20H20FN3O3. The number of morpholine rings is 1. The smallest absolute Gasteiger partial charge is 0.256 e. The molecule has 0 bridgehead atoms. The Kier molecular flexibility index (Phi) is 4.77. The first-order valence-corrected chi connectivity index (χ1v) is 8.93. The second-order valence-electron chi connectivity index (χ2n) is 6.59. The highest BCUT2D eigenvalue weighted by Crippen LogP contribution is 2.27. The molecule has 27 heavy (non-hydrogen) atoms. The topological polar surface area (TPSA) is 61.9 Å². The van der Waals surface area contributed by atoms with Gasteiger partial charge in [-0.15, -0.1) is 0 Å². The Morgan fingerprint density at radius 3 is 2.22 bits per heavy atom. The fourth-order valence-electron chi connectivity index (χ4n) is 3.40. The van der Waals surface area contributed by atoms with Crippen molar-refractivity contribution in [1.29, 1.82) is 0 Å². The summed E-state index contributed by atoms with van der Waals surface area (Å²) in [6.07, 6.45) is 0.0709. The lowest BCUT2D eigenvalue weighted by molar-refractivity contribution is -0.121. The molecule has 7 heteroatoms. The van der Waals surface area contributed by atoms with Gasteiger partial charge in [-0.05, 0) is 48.5 Å². The van der Waals surface area contributed by atoms with Gasteiger partial charge in [-0.1, -0.05) is 0 Å². The van der Waals surface area contributed by atoms with E-state index in [0.717, 1.165) is 18.8 Å². The van der Waals surface area contributed by atoms with E-state index in [1.54, 1.807) is 24.3 Å². The summed E-state index contributed by atoms with van der Waals surface area (Å²) in [5.41, 5.74) is 2.21. The average Bonchev–Trinajstić information content (AvgIpc) is 2.98. The third-order valence-electron chi connectivity index (χ3n) is 4.82. The Labute approximate surface area is 156 Å². The summed E-state index contributed by atoms with van der Waals surface area (Å²) in [6, 6.07) is 12.5. The van der Waals surface area contributed by atoms with Gasteiger partial charge in [0.2, 0.25) is 5.91 Å². The summed E-state index contributed by atoms with van der Waals surface area (Å²) < 4.78 is 18.4. The van der Waals surface area contributed by atoms with Gasteiger partial charge in [0.15, 0.2) is 0 Å². The van der Waals surface area contributed by atoms with E-state index >= 15 is 0 Å². The van der Waals surface area contributed by atoms with Crippen LogP contribution in [-0.2, 0) is 14.3 Å². The van der Waals surface area contributed by atoms with E-state index in [4.69, 9.17) is 4.74 Å². The van der Waals surface area contributed by atoms with Crippen LogP contribution >= 0.6 is 0 Å². The van der Waals surface area contributed by atoms with Crippen molar-refractivity contribution >= 4 is 28.9 Å². The highest BCUT2D eigenvalue weighted by atomic mass is 19.1. The van der Waals surface area contributed by atoms with E-state index in [1.807, 2.05) is 12.1 Å². The lowest BCUT2D eigenvalue weighted by atomic mass is 10.2. The largest absolute Gasteiger partial charge is 0.378 e. The van der Waals surface area contributed by atoms with Gasteiger partial charge >= 0.3 is 0 Å². The first kappa shape index (κ1) is 17.5. The Morgan fingerprint density at radius 2 is 1.56 bits per heavy atom. The van der Waals surface area contributed by atoms with Crippen molar-refractivity contribution in [1.82, 2.24) is 0 Å². The van der Waals surface area contributed by atoms with Gasteiger partial charge in [0.05, 0.1) is 25.3 Å². The second-order valence-corrected chi connectivity index (χ2v) is 6.59. The Bertz CT molecular complexity index is 833. The lowest BCUT2D eigenvalue weighted by Gasteiger charge is -2.29. The minimum absolute atomic E-state index is 0.0709. The second kappa shape index (κ2) is 7.36. The molecule has 2 amide bonds. The third kappa shape index (κ3) is 3.64. The molecule has 2 heterocycles. The SMILES string of the molecule is O=C1C[C@@H](Nc2ccc(F)cc2)C(=O)N1c1ccc(N2CCOCC2)cc1. The molecule has 1 atom stereocenters. The zero-order valence-electron chi connectivity index (χ0n) is 14.7. The predicted molar refractivity (Wildman–Crippen MR) is 100 cm³/mol. The monoisotopic (exact) mass is 369 g/mol. The van der Waals surface area contributed by atoms with Crippen LogP contribution in [0.25, 0.3) is 0 Å².